The third-order valence-electron chi connectivity index (χ3n) is 3.03. The van der Waals surface area contributed by atoms with Crippen LogP contribution >= 0.6 is 0 Å². The predicted molar refractivity (Wildman–Crippen MR) is 73.0 cm³/mol. The fourth-order valence-electron chi connectivity index (χ4n) is 1.87. The lowest BCUT2D eigenvalue weighted by molar-refractivity contribution is -0.123. The summed E-state index contributed by atoms with van der Waals surface area (Å²) in [4.78, 5) is 27.8. The lowest BCUT2D eigenvalue weighted by Gasteiger charge is -2.23. The number of nitrogens with one attached hydrogen (secondary N) is 2. The monoisotopic (exact) mass is 277 g/mol. The molecule has 1 unspecified atom stereocenters. The molecule has 1 aliphatic rings. The molecule has 6 nitrogen and oxygen atoms in total. The lowest BCUT2D eigenvalue weighted by Crippen LogP contribution is -2.49. The van der Waals surface area contributed by atoms with E-state index in [0.717, 1.165) is 0 Å². The second kappa shape index (κ2) is 5.11. The molecule has 1 aromatic heterocycles. The summed E-state index contributed by atoms with van der Waals surface area (Å²) in [5.41, 5.74) is 0.411. The molecule has 1 aliphatic heterocycles. The van der Waals surface area contributed by atoms with Crippen LogP contribution in [0.15, 0.2) is 22.9 Å². The van der Waals surface area contributed by atoms with E-state index in [1.807, 2.05) is 20.8 Å². The van der Waals surface area contributed by atoms with Crippen LogP contribution in [-0.4, -0.2) is 22.8 Å². The summed E-state index contributed by atoms with van der Waals surface area (Å²) in [5.74, 6) is -0.0675. The molecule has 108 valence electrons. The van der Waals surface area contributed by atoms with Gasteiger partial charge in [-0.3, -0.25) is 9.59 Å². The quantitative estimate of drug-likeness (QED) is 0.858. The van der Waals surface area contributed by atoms with Crippen LogP contribution in [0.2, 0.25) is 0 Å². The number of aromatic nitrogens is 1. The molecule has 0 bridgehead atoms. The zero-order valence-corrected chi connectivity index (χ0v) is 11.9. The number of hydrogen-bond donors (Lipinski definition) is 2. The summed E-state index contributed by atoms with van der Waals surface area (Å²) in [7, 11) is 0. The van der Waals surface area contributed by atoms with E-state index in [1.165, 1.54) is 6.20 Å². The highest BCUT2D eigenvalue weighted by molar-refractivity contribution is 5.95. The van der Waals surface area contributed by atoms with E-state index in [1.54, 1.807) is 0 Å². The second-order valence-electron chi connectivity index (χ2n) is 5.94. The molecule has 6 heteroatoms. The molecular formula is C14H19N3O3. The van der Waals surface area contributed by atoms with Crippen LogP contribution in [0.1, 0.15) is 50.1 Å². The largest absolute Gasteiger partial charge is 0.435 e. The van der Waals surface area contributed by atoms with E-state index < -0.39 is 11.9 Å². The molecule has 20 heavy (non-hydrogen) atoms. The van der Waals surface area contributed by atoms with Crippen LogP contribution in [0.25, 0.3) is 0 Å². The Bertz CT molecular complexity index is 554. The third-order valence-corrected chi connectivity index (χ3v) is 3.03. The topological polar surface area (TPSA) is 84.2 Å². The second-order valence-corrected chi connectivity index (χ2v) is 5.94. The van der Waals surface area contributed by atoms with Crippen molar-refractivity contribution >= 4 is 11.8 Å². The van der Waals surface area contributed by atoms with Gasteiger partial charge in [0.15, 0.2) is 0 Å². The smallest absolute Gasteiger partial charge is 0.289 e. The Morgan fingerprint density at radius 1 is 1.55 bits per heavy atom. The number of nitrogens with zero attached hydrogens (tertiary/aromatic N) is 1. The number of hydrogen-bond acceptors (Lipinski definition) is 4. The Balaban J connectivity index is 2.03. The van der Waals surface area contributed by atoms with Gasteiger partial charge in [-0.15, -0.1) is 0 Å². The minimum absolute atomic E-state index is 0.118. The highest BCUT2D eigenvalue weighted by atomic mass is 16.4. The number of piperidine rings is 1. The van der Waals surface area contributed by atoms with Crippen LogP contribution in [0.4, 0.5) is 0 Å². The van der Waals surface area contributed by atoms with Crippen LogP contribution in [-0.2, 0) is 10.2 Å². The molecule has 1 atom stereocenters. The summed E-state index contributed by atoms with van der Waals surface area (Å²) in [5, 5.41) is 5.27. The average Bonchev–Trinajstić information content (AvgIpc) is 2.82. The number of allylic oxidation sites excluding steroid dienone is 1. The normalized spacial score (nSPS) is 19.6. The molecule has 2 heterocycles. The molecule has 0 aromatic carbocycles. The Hall–Kier alpha value is -2.11. The molecular weight excluding hydrogens is 258 g/mol. The molecule has 2 amide bonds. The van der Waals surface area contributed by atoms with E-state index >= 15 is 0 Å². The van der Waals surface area contributed by atoms with Gasteiger partial charge >= 0.3 is 0 Å². The maximum atomic E-state index is 12.0. The fraction of sp³-hybridized carbons (Fsp3) is 0.500. The number of oxazole rings is 1. The van der Waals surface area contributed by atoms with Crippen molar-refractivity contribution in [2.45, 2.75) is 45.1 Å². The molecule has 1 aromatic rings. The summed E-state index contributed by atoms with van der Waals surface area (Å²) in [6.07, 6.45) is 2.58. The van der Waals surface area contributed by atoms with Crippen molar-refractivity contribution in [1.82, 2.24) is 15.6 Å². The zero-order valence-electron chi connectivity index (χ0n) is 11.9. The van der Waals surface area contributed by atoms with Crippen molar-refractivity contribution in [3.05, 3.63) is 30.1 Å². The van der Waals surface area contributed by atoms with Gasteiger partial charge in [0.25, 0.3) is 5.91 Å². The van der Waals surface area contributed by atoms with Gasteiger partial charge in [-0.25, -0.2) is 4.98 Å². The van der Waals surface area contributed by atoms with Gasteiger partial charge in [0.1, 0.15) is 6.04 Å². The summed E-state index contributed by atoms with van der Waals surface area (Å²) in [6.45, 7) is 9.53. The first-order valence-corrected chi connectivity index (χ1v) is 6.53. The Kier molecular flexibility index (Phi) is 3.65. The number of rotatable bonds is 2. The third kappa shape index (κ3) is 3.07. The van der Waals surface area contributed by atoms with Gasteiger partial charge in [-0.1, -0.05) is 27.4 Å². The minimum Gasteiger partial charge on any atom is -0.435 e. The predicted octanol–water partition coefficient (Wildman–Crippen LogP) is 1.49. The van der Waals surface area contributed by atoms with Crippen LogP contribution in [0, 0.1) is 0 Å². The van der Waals surface area contributed by atoms with Crippen molar-refractivity contribution in [3.8, 4) is 0 Å². The molecule has 0 saturated carbocycles. The van der Waals surface area contributed by atoms with Crippen molar-refractivity contribution in [3.63, 3.8) is 0 Å². The first kappa shape index (κ1) is 14.3. The van der Waals surface area contributed by atoms with Crippen LogP contribution in [0.5, 0.6) is 0 Å². The SMILES string of the molecule is C=C1CCC(NC(=O)c2cnc(C(C)(C)C)o2)C(=O)N1. The zero-order chi connectivity index (χ0) is 14.9. The van der Waals surface area contributed by atoms with Gasteiger partial charge < -0.3 is 15.1 Å². The molecule has 0 radical (unpaired) electrons. The van der Waals surface area contributed by atoms with E-state index in [0.29, 0.717) is 24.4 Å². The summed E-state index contributed by atoms with van der Waals surface area (Å²) < 4.78 is 5.44. The van der Waals surface area contributed by atoms with Gasteiger partial charge in [-0.2, -0.15) is 0 Å². The van der Waals surface area contributed by atoms with E-state index in [4.69, 9.17) is 4.42 Å². The number of carbonyl (C=O) groups is 2. The van der Waals surface area contributed by atoms with Crippen LogP contribution in [0.3, 0.4) is 0 Å². The molecule has 2 rings (SSSR count). The summed E-state index contributed by atoms with van der Waals surface area (Å²) in [6, 6.07) is -0.559. The van der Waals surface area contributed by atoms with Gasteiger partial charge in [-0.05, 0) is 12.8 Å². The maximum Gasteiger partial charge on any atom is 0.289 e. The molecule has 0 aliphatic carbocycles. The average molecular weight is 277 g/mol. The fourth-order valence-corrected chi connectivity index (χ4v) is 1.87. The van der Waals surface area contributed by atoms with Gasteiger partial charge in [0.2, 0.25) is 17.6 Å². The van der Waals surface area contributed by atoms with Crippen molar-refractivity contribution in [1.29, 1.82) is 0 Å². The highest BCUT2D eigenvalue weighted by Gasteiger charge is 2.28. The van der Waals surface area contributed by atoms with E-state index in [9.17, 15) is 9.59 Å². The first-order chi connectivity index (χ1) is 9.27. The standard InChI is InChI=1S/C14H19N3O3/c1-8-5-6-9(11(18)16-8)17-12(19)10-7-15-13(20-10)14(2,3)4/h7,9H,1,5-6H2,2-4H3,(H,16,18)(H,17,19). The minimum atomic E-state index is -0.559. The molecule has 2 N–H and O–H groups in total. The Labute approximate surface area is 117 Å². The van der Waals surface area contributed by atoms with Crippen molar-refractivity contribution < 1.29 is 14.0 Å². The van der Waals surface area contributed by atoms with E-state index in [-0.39, 0.29) is 17.1 Å². The molecule has 1 fully saturated rings. The molecule has 0 spiro atoms. The Morgan fingerprint density at radius 2 is 2.25 bits per heavy atom. The number of carbonyl (C=O) groups excluding carboxylic acids is 2. The van der Waals surface area contributed by atoms with Crippen molar-refractivity contribution in [2.24, 2.45) is 0 Å². The first-order valence-electron chi connectivity index (χ1n) is 6.53. The maximum absolute atomic E-state index is 12.0. The lowest BCUT2D eigenvalue weighted by atomic mass is 9.97. The van der Waals surface area contributed by atoms with Crippen molar-refractivity contribution in [2.75, 3.05) is 0 Å². The van der Waals surface area contributed by atoms with Gasteiger partial charge in [0.05, 0.1) is 6.20 Å². The summed E-state index contributed by atoms with van der Waals surface area (Å²) >= 11 is 0. The van der Waals surface area contributed by atoms with E-state index in [2.05, 4.69) is 22.2 Å². The Morgan fingerprint density at radius 3 is 2.80 bits per heavy atom. The number of amides is 2. The molecule has 1 saturated heterocycles. The van der Waals surface area contributed by atoms with Crippen LogP contribution < -0.4 is 10.6 Å². The van der Waals surface area contributed by atoms with Gasteiger partial charge in [0, 0.05) is 11.1 Å². The highest BCUT2D eigenvalue weighted by Crippen LogP contribution is 2.21.